The Labute approximate surface area is 148 Å². The summed E-state index contributed by atoms with van der Waals surface area (Å²) in [5, 5.41) is 15.6. The molecule has 4 fully saturated rings. The Bertz CT molecular complexity index is 684. The highest BCUT2D eigenvalue weighted by atomic mass is 32.1. The maximum Gasteiger partial charge on any atom is 0.231 e. The first-order valence-corrected chi connectivity index (χ1v) is 10.0. The molecule has 24 heavy (non-hydrogen) atoms. The van der Waals surface area contributed by atoms with Crippen molar-refractivity contribution in [2.45, 2.75) is 64.7 Å². The van der Waals surface area contributed by atoms with Gasteiger partial charge in [-0.1, -0.05) is 20.8 Å². The number of nitrogens with one attached hydrogen (secondary N) is 1. The Morgan fingerprint density at radius 3 is 2.21 bits per heavy atom. The van der Waals surface area contributed by atoms with E-state index in [9.17, 15) is 10.1 Å². The maximum atomic E-state index is 13.2. The van der Waals surface area contributed by atoms with E-state index < -0.39 is 0 Å². The molecule has 0 atom stereocenters. The SMILES string of the molecule is CC(C)(C)c1csc(NC(=O)C23CC4CC(CC(C4)C2)C3)c1C#N. The van der Waals surface area contributed by atoms with E-state index in [-0.39, 0.29) is 16.7 Å². The van der Waals surface area contributed by atoms with Gasteiger partial charge in [0, 0.05) is 0 Å². The molecule has 5 rings (SSSR count). The lowest BCUT2D eigenvalue weighted by Crippen LogP contribution is -2.51. The first-order valence-electron chi connectivity index (χ1n) is 9.14. The molecule has 4 aliphatic rings. The Balaban J connectivity index is 1.59. The van der Waals surface area contributed by atoms with Gasteiger partial charge in [0.15, 0.2) is 0 Å². The number of nitrogens with zero attached hydrogens (tertiary/aromatic N) is 1. The smallest absolute Gasteiger partial charge is 0.231 e. The topological polar surface area (TPSA) is 52.9 Å². The van der Waals surface area contributed by atoms with Crippen molar-refractivity contribution in [1.29, 1.82) is 5.26 Å². The summed E-state index contributed by atoms with van der Waals surface area (Å²) in [7, 11) is 0. The van der Waals surface area contributed by atoms with Crippen LogP contribution in [0.3, 0.4) is 0 Å². The predicted octanol–water partition coefficient (Wildman–Crippen LogP) is 5.07. The number of hydrogen-bond donors (Lipinski definition) is 1. The van der Waals surface area contributed by atoms with Crippen LogP contribution in [0.5, 0.6) is 0 Å². The van der Waals surface area contributed by atoms with Gasteiger partial charge < -0.3 is 5.32 Å². The summed E-state index contributed by atoms with van der Waals surface area (Å²) in [5.41, 5.74) is 1.46. The molecule has 4 bridgehead atoms. The summed E-state index contributed by atoms with van der Waals surface area (Å²) >= 11 is 1.51. The third-order valence-corrected chi connectivity index (χ3v) is 7.35. The van der Waals surface area contributed by atoms with Crippen molar-refractivity contribution >= 4 is 22.2 Å². The van der Waals surface area contributed by atoms with Crippen molar-refractivity contribution in [3.8, 4) is 6.07 Å². The molecule has 3 nitrogen and oxygen atoms in total. The van der Waals surface area contributed by atoms with Crippen LogP contribution in [0.15, 0.2) is 5.38 Å². The normalized spacial score (nSPS) is 34.2. The minimum Gasteiger partial charge on any atom is -0.316 e. The van der Waals surface area contributed by atoms with Crippen molar-refractivity contribution in [2.24, 2.45) is 23.2 Å². The van der Waals surface area contributed by atoms with Gasteiger partial charge in [-0.25, -0.2) is 0 Å². The molecule has 0 saturated heterocycles. The summed E-state index contributed by atoms with van der Waals surface area (Å²) in [6.07, 6.45) is 7.19. The number of nitriles is 1. The molecular weight excluding hydrogens is 316 g/mol. The molecule has 1 amide bonds. The molecular formula is C20H26N2OS. The van der Waals surface area contributed by atoms with E-state index in [1.807, 2.05) is 5.38 Å². The highest BCUT2D eigenvalue weighted by Gasteiger charge is 2.54. The number of amides is 1. The molecule has 1 aromatic heterocycles. The van der Waals surface area contributed by atoms with Crippen LogP contribution in [-0.4, -0.2) is 5.91 Å². The highest BCUT2D eigenvalue weighted by Crippen LogP contribution is 2.60. The van der Waals surface area contributed by atoms with E-state index in [1.165, 1.54) is 30.6 Å². The maximum absolute atomic E-state index is 13.2. The van der Waals surface area contributed by atoms with Gasteiger partial charge in [0.05, 0.1) is 11.0 Å². The van der Waals surface area contributed by atoms with Crippen LogP contribution in [0.2, 0.25) is 0 Å². The van der Waals surface area contributed by atoms with Gasteiger partial charge in [-0.3, -0.25) is 4.79 Å². The van der Waals surface area contributed by atoms with Crippen LogP contribution in [0.25, 0.3) is 0 Å². The fraction of sp³-hybridized carbons (Fsp3) is 0.700. The van der Waals surface area contributed by atoms with Gasteiger partial charge in [0.1, 0.15) is 11.1 Å². The summed E-state index contributed by atoms with van der Waals surface area (Å²) in [6.45, 7) is 6.34. The van der Waals surface area contributed by atoms with Gasteiger partial charge >= 0.3 is 0 Å². The van der Waals surface area contributed by atoms with Crippen LogP contribution in [-0.2, 0) is 10.2 Å². The zero-order chi connectivity index (χ0) is 17.1. The number of hydrogen-bond acceptors (Lipinski definition) is 3. The standard InChI is InChI=1S/C20H26N2OS/c1-19(2,3)16-11-24-17(15(16)10-21)22-18(23)20-7-12-4-13(8-20)6-14(5-12)9-20/h11-14H,4-9H2,1-3H3,(H,22,23). The number of thiophene rings is 1. The van der Waals surface area contributed by atoms with Crippen LogP contribution in [0.4, 0.5) is 5.00 Å². The third-order valence-electron chi connectivity index (χ3n) is 6.46. The molecule has 0 unspecified atom stereocenters. The van der Waals surface area contributed by atoms with Crippen molar-refractivity contribution in [1.82, 2.24) is 0 Å². The minimum absolute atomic E-state index is 0.0781. The lowest BCUT2D eigenvalue weighted by atomic mass is 9.49. The lowest BCUT2D eigenvalue weighted by Gasteiger charge is -2.55. The Hall–Kier alpha value is -1.34. The molecule has 4 heteroatoms. The fourth-order valence-electron chi connectivity index (χ4n) is 5.74. The van der Waals surface area contributed by atoms with Crippen LogP contribution in [0, 0.1) is 34.5 Å². The van der Waals surface area contributed by atoms with E-state index in [2.05, 4.69) is 32.2 Å². The van der Waals surface area contributed by atoms with E-state index in [1.54, 1.807) is 0 Å². The van der Waals surface area contributed by atoms with Crippen molar-refractivity contribution < 1.29 is 4.79 Å². The quantitative estimate of drug-likeness (QED) is 0.815. The van der Waals surface area contributed by atoms with Crippen molar-refractivity contribution in [3.63, 3.8) is 0 Å². The summed E-state index contributed by atoms with van der Waals surface area (Å²) < 4.78 is 0. The number of carbonyl (C=O) groups excluding carboxylic acids is 1. The van der Waals surface area contributed by atoms with Crippen LogP contribution in [0.1, 0.15) is 70.4 Å². The number of anilines is 1. The molecule has 4 aliphatic carbocycles. The van der Waals surface area contributed by atoms with Gasteiger partial charge in [-0.05, 0) is 72.6 Å². The first kappa shape index (κ1) is 16.1. The molecule has 1 aromatic rings. The van der Waals surface area contributed by atoms with Crippen molar-refractivity contribution in [3.05, 3.63) is 16.5 Å². The fourth-order valence-corrected chi connectivity index (χ4v) is 6.87. The van der Waals surface area contributed by atoms with Gasteiger partial charge in [-0.15, -0.1) is 11.3 Å². The van der Waals surface area contributed by atoms with E-state index in [0.29, 0.717) is 5.56 Å². The molecule has 4 saturated carbocycles. The average molecular weight is 343 g/mol. The third kappa shape index (κ3) is 2.49. The number of carbonyl (C=O) groups is 1. The van der Waals surface area contributed by atoms with Gasteiger partial charge in [-0.2, -0.15) is 5.26 Å². The zero-order valence-corrected chi connectivity index (χ0v) is 15.6. The van der Waals surface area contributed by atoms with Gasteiger partial charge in [0.2, 0.25) is 5.91 Å². The average Bonchev–Trinajstić information content (AvgIpc) is 2.88. The van der Waals surface area contributed by atoms with Gasteiger partial charge in [0.25, 0.3) is 0 Å². The molecule has 0 spiro atoms. The van der Waals surface area contributed by atoms with E-state index in [0.717, 1.165) is 47.6 Å². The highest BCUT2D eigenvalue weighted by molar-refractivity contribution is 7.14. The summed E-state index contributed by atoms with van der Waals surface area (Å²) in [6, 6.07) is 2.33. The largest absolute Gasteiger partial charge is 0.316 e. The first-order chi connectivity index (χ1) is 11.3. The molecule has 0 aromatic carbocycles. The monoisotopic (exact) mass is 342 g/mol. The second-order valence-electron chi connectivity index (χ2n) is 9.37. The van der Waals surface area contributed by atoms with Crippen LogP contribution >= 0.6 is 11.3 Å². The molecule has 0 radical (unpaired) electrons. The van der Waals surface area contributed by atoms with E-state index >= 15 is 0 Å². The second-order valence-corrected chi connectivity index (χ2v) is 10.2. The predicted molar refractivity (Wildman–Crippen MR) is 97.0 cm³/mol. The Morgan fingerprint density at radius 2 is 1.75 bits per heavy atom. The second kappa shape index (κ2) is 5.33. The lowest BCUT2D eigenvalue weighted by molar-refractivity contribution is -0.140. The molecule has 1 heterocycles. The van der Waals surface area contributed by atoms with Crippen LogP contribution < -0.4 is 5.32 Å². The molecule has 0 aliphatic heterocycles. The Morgan fingerprint density at radius 1 is 1.21 bits per heavy atom. The molecule has 128 valence electrons. The number of rotatable bonds is 2. The van der Waals surface area contributed by atoms with E-state index in [4.69, 9.17) is 0 Å². The summed E-state index contributed by atoms with van der Waals surface area (Å²) in [4.78, 5) is 13.2. The molecule has 1 N–H and O–H groups in total. The minimum atomic E-state index is -0.159. The van der Waals surface area contributed by atoms with Crippen molar-refractivity contribution in [2.75, 3.05) is 5.32 Å². The Kier molecular flexibility index (Phi) is 3.58. The zero-order valence-electron chi connectivity index (χ0n) is 14.8. The summed E-state index contributed by atoms with van der Waals surface area (Å²) in [5.74, 6) is 2.45.